The van der Waals surface area contributed by atoms with Crippen molar-refractivity contribution >= 4 is 5.57 Å². The zero-order valence-corrected chi connectivity index (χ0v) is 22.2. The third kappa shape index (κ3) is 6.35. The average Bonchev–Trinajstić information content (AvgIpc) is 2.93. The van der Waals surface area contributed by atoms with Gasteiger partial charge in [0, 0.05) is 22.3 Å². The molecule has 39 heavy (non-hydrogen) atoms. The summed E-state index contributed by atoms with van der Waals surface area (Å²) >= 11 is 0. The van der Waals surface area contributed by atoms with Gasteiger partial charge in [0.1, 0.15) is 5.82 Å². The van der Waals surface area contributed by atoms with Gasteiger partial charge in [-0.05, 0) is 80.7 Å². The topological polar surface area (TPSA) is 29.5 Å². The van der Waals surface area contributed by atoms with Crippen LogP contribution < -0.4 is 4.74 Å². The molecule has 2 unspecified atom stereocenters. The summed E-state index contributed by atoms with van der Waals surface area (Å²) in [6.45, 7) is 3.71. The maximum absolute atomic E-state index is 14.9. The van der Waals surface area contributed by atoms with E-state index in [0.29, 0.717) is 38.0 Å². The Bertz CT molecular complexity index is 1350. The van der Waals surface area contributed by atoms with Crippen LogP contribution in [0.2, 0.25) is 0 Å². The molecule has 3 aromatic rings. The SMILES string of the molecule is CCCC(O)c1ccc(C2=CCC(CCc3ccc(-c4ccc(OCC)c(F)c4F)c(F)c3)CC2)c(F)c1F. The largest absolute Gasteiger partial charge is 0.491 e. The fourth-order valence-electron chi connectivity index (χ4n) is 5.20. The van der Waals surface area contributed by atoms with Crippen LogP contribution in [0.4, 0.5) is 22.0 Å². The van der Waals surface area contributed by atoms with Crippen LogP contribution in [0.3, 0.4) is 0 Å². The third-order valence-corrected chi connectivity index (χ3v) is 7.41. The van der Waals surface area contributed by atoms with Crippen LogP contribution in [0.25, 0.3) is 16.7 Å². The second kappa shape index (κ2) is 12.8. The maximum atomic E-state index is 14.9. The molecule has 0 fully saturated rings. The number of aliphatic hydroxyl groups is 1. The Labute approximate surface area is 226 Å². The van der Waals surface area contributed by atoms with Gasteiger partial charge in [0.15, 0.2) is 23.2 Å². The first kappa shape index (κ1) is 28.8. The van der Waals surface area contributed by atoms with Crippen LogP contribution in [0, 0.1) is 35.0 Å². The van der Waals surface area contributed by atoms with E-state index in [-0.39, 0.29) is 34.6 Å². The van der Waals surface area contributed by atoms with Crippen molar-refractivity contribution in [1.82, 2.24) is 0 Å². The predicted molar refractivity (Wildman–Crippen MR) is 143 cm³/mol. The summed E-state index contributed by atoms with van der Waals surface area (Å²) in [5.41, 5.74) is 1.52. The Kier molecular flexibility index (Phi) is 9.44. The summed E-state index contributed by atoms with van der Waals surface area (Å²) in [6, 6.07) is 10.1. The quantitative estimate of drug-likeness (QED) is 0.258. The van der Waals surface area contributed by atoms with Gasteiger partial charge in [-0.3, -0.25) is 0 Å². The molecule has 3 aromatic carbocycles. The molecule has 2 atom stereocenters. The van der Waals surface area contributed by atoms with E-state index in [0.717, 1.165) is 24.0 Å². The fraction of sp³-hybridized carbons (Fsp3) is 0.375. The van der Waals surface area contributed by atoms with Crippen molar-refractivity contribution in [2.24, 2.45) is 5.92 Å². The number of ether oxygens (including phenoxy) is 1. The van der Waals surface area contributed by atoms with Crippen molar-refractivity contribution in [3.05, 3.63) is 94.3 Å². The number of hydrogen-bond acceptors (Lipinski definition) is 2. The first-order chi connectivity index (χ1) is 18.7. The standard InChI is InChI=1S/C32H33F5O2/c1-3-5-27(38)25-15-14-22(29(34)31(25)36)21-11-8-19(9-12-21)6-7-20-10-13-23(26(33)18-20)24-16-17-28(39-4-2)32(37)30(24)35/h10-11,13-19,27,38H,3-9,12H2,1-2H3. The van der Waals surface area contributed by atoms with Gasteiger partial charge < -0.3 is 9.84 Å². The Balaban J connectivity index is 1.39. The number of rotatable bonds is 10. The van der Waals surface area contributed by atoms with Crippen molar-refractivity contribution in [2.75, 3.05) is 6.61 Å². The second-order valence-electron chi connectivity index (χ2n) is 10.0. The molecule has 0 spiro atoms. The molecule has 0 radical (unpaired) electrons. The van der Waals surface area contributed by atoms with E-state index in [1.54, 1.807) is 19.1 Å². The molecule has 2 nitrogen and oxygen atoms in total. The Hall–Kier alpha value is -3.19. The normalized spacial score (nSPS) is 16.2. The number of allylic oxidation sites excluding steroid dienone is 2. The van der Waals surface area contributed by atoms with E-state index in [9.17, 15) is 27.1 Å². The molecule has 0 bridgehead atoms. The lowest BCUT2D eigenvalue weighted by molar-refractivity contribution is 0.160. The Morgan fingerprint density at radius 2 is 1.59 bits per heavy atom. The number of hydrogen-bond donors (Lipinski definition) is 1. The smallest absolute Gasteiger partial charge is 0.201 e. The van der Waals surface area contributed by atoms with Crippen molar-refractivity contribution in [3.63, 3.8) is 0 Å². The van der Waals surface area contributed by atoms with Gasteiger partial charge in [0.05, 0.1) is 12.7 Å². The number of aryl methyl sites for hydroxylation is 1. The minimum absolute atomic E-state index is 0.0129. The van der Waals surface area contributed by atoms with E-state index in [4.69, 9.17) is 4.74 Å². The summed E-state index contributed by atoms with van der Waals surface area (Å²) < 4.78 is 78.1. The van der Waals surface area contributed by atoms with Gasteiger partial charge in [-0.1, -0.05) is 43.7 Å². The minimum Gasteiger partial charge on any atom is -0.491 e. The zero-order valence-electron chi connectivity index (χ0n) is 22.2. The lowest BCUT2D eigenvalue weighted by Gasteiger charge is -2.23. The molecule has 7 heteroatoms. The van der Waals surface area contributed by atoms with Crippen molar-refractivity contribution in [3.8, 4) is 16.9 Å². The van der Waals surface area contributed by atoms with Crippen LogP contribution in [-0.2, 0) is 6.42 Å². The third-order valence-electron chi connectivity index (χ3n) is 7.41. The van der Waals surface area contributed by atoms with Crippen LogP contribution in [0.1, 0.15) is 75.2 Å². The van der Waals surface area contributed by atoms with Crippen LogP contribution in [-0.4, -0.2) is 11.7 Å². The summed E-state index contributed by atoms with van der Waals surface area (Å²) in [5.74, 6) is -4.76. The number of halogens is 5. The highest BCUT2D eigenvalue weighted by Gasteiger charge is 2.23. The van der Waals surface area contributed by atoms with Gasteiger partial charge in [-0.2, -0.15) is 4.39 Å². The van der Waals surface area contributed by atoms with Crippen molar-refractivity contribution < 1.29 is 31.8 Å². The molecular formula is C32H33F5O2. The monoisotopic (exact) mass is 544 g/mol. The van der Waals surface area contributed by atoms with Gasteiger partial charge >= 0.3 is 0 Å². The van der Waals surface area contributed by atoms with E-state index in [2.05, 4.69) is 0 Å². The summed E-state index contributed by atoms with van der Waals surface area (Å²) in [4.78, 5) is 0. The predicted octanol–water partition coefficient (Wildman–Crippen LogP) is 9.10. The molecule has 1 N–H and O–H groups in total. The Morgan fingerprint density at radius 3 is 2.26 bits per heavy atom. The molecule has 0 aromatic heterocycles. The van der Waals surface area contributed by atoms with Crippen molar-refractivity contribution in [1.29, 1.82) is 0 Å². The van der Waals surface area contributed by atoms with Gasteiger partial charge in [0.2, 0.25) is 5.82 Å². The molecule has 208 valence electrons. The number of benzene rings is 3. The summed E-state index contributed by atoms with van der Waals surface area (Å²) in [5, 5.41) is 10.1. The average molecular weight is 545 g/mol. The maximum Gasteiger partial charge on any atom is 0.201 e. The zero-order chi connectivity index (χ0) is 28.1. The summed E-state index contributed by atoms with van der Waals surface area (Å²) in [6.07, 6.45) is 5.36. The molecule has 0 saturated carbocycles. The molecule has 4 rings (SSSR count). The molecule has 0 saturated heterocycles. The molecule has 1 aliphatic rings. The Morgan fingerprint density at radius 1 is 0.872 bits per heavy atom. The molecule has 0 amide bonds. The van der Waals surface area contributed by atoms with Gasteiger partial charge in [0.25, 0.3) is 0 Å². The fourth-order valence-corrected chi connectivity index (χ4v) is 5.20. The highest BCUT2D eigenvalue weighted by Crippen LogP contribution is 2.36. The molecule has 0 heterocycles. The van der Waals surface area contributed by atoms with E-state index >= 15 is 0 Å². The summed E-state index contributed by atoms with van der Waals surface area (Å²) in [7, 11) is 0. The first-order valence-corrected chi connectivity index (χ1v) is 13.5. The van der Waals surface area contributed by atoms with E-state index in [1.807, 2.05) is 13.0 Å². The highest BCUT2D eigenvalue weighted by atomic mass is 19.2. The lowest BCUT2D eigenvalue weighted by Crippen LogP contribution is -2.09. The molecule has 1 aliphatic carbocycles. The number of aliphatic hydroxyl groups excluding tert-OH is 1. The second-order valence-corrected chi connectivity index (χ2v) is 10.0. The van der Waals surface area contributed by atoms with Crippen LogP contribution in [0.15, 0.2) is 48.5 Å². The first-order valence-electron chi connectivity index (χ1n) is 13.5. The van der Waals surface area contributed by atoms with Crippen LogP contribution >= 0.6 is 0 Å². The van der Waals surface area contributed by atoms with E-state index in [1.165, 1.54) is 30.3 Å². The minimum atomic E-state index is -1.15. The van der Waals surface area contributed by atoms with Crippen LogP contribution in [0.5, 0.6) is 5.75 Å². The van der Waals surface area contributed by atoms with Gasteiger partial charge in [-0.25, -0.2) is 17.6 Å². The van der Waals surface area contributed by atoms with E-state index < -0.39 is 35.2 Å². The van der Waals surface area contributed by atoms with Gasteiger partial charge in [-0.15, -0.1) is 0 Å². The molecular weight excluding hydrogens is 511 g/mol. The lowest BCUT2D eigenvalue weighted by atomic mass is 9.83. The van der Waals surface area contributed by atoms with Crippen molar-refractivity contribution in [2.45, 2.75) is 64.9 Å². The highest BCUT2D eigenvalue weighted by molar-refractivity contribution is 5.68. The molecule has 0 aliphatic heterocycles.